The summed E-state index contributed by atoms with van der Waals surface area (Å²) in [7, 11) is 1.52. The number of aromatic hydroxyl groups is 1. The Kier molecular flexibility index (Phi) is 5.77. The number of aryl methyl sites for hydroxylation is 1. The molecule has 0 aliphatic carbocycles. The van der Waals surface area contributed by atoms with E-state index in [1.807, 2.05) is 0 Å². The van der Waals surface area contributed by atoms with E-state index >= 15 is 0 Å². The summed E-state index contributed by atoms with van der Waals surface area (Å²) in [5, 5.41) is 20.2. The maximum absolute atomic E-state index is 14.7. The zero-order valence-electron chi connectivity index (χ0n) is 19.4. The summed E-state index contributed by atoms with van der Waals surface area (Å²) in [6.07, 6.45) is 0. The molecule has 6 nitrogen and oxygen atoms in total. The Labute approximate surface area is 204 Å². The van der Waals surface area contributed by atoms with E-state index < -0.39 is 34.6 Å². The van der Waals surface area contributed by atoms with Gasteiger partial charge in [0.25, 0.3) is 0 Å². The lowest BCUT2D eigenvalue weighted by Crippen LogP contribution is -2.51. The largest absolute Gasteiger partial charge is 0.504 e. The average Bonchev–Trinajstić information content (AvgIpc) is 3.16. The summed E-state index contributed by atoms with van der Waals surface area (Å²) in [6.45, 7) is 2.23. The summed E-state index contributed by atoms with van der Waals surface area (Å²) in [6, 6.07) is 11.2. The van der Waals surface area contributed by atoms with Gasteiger partial charge in [-0.15, -0.1) is 0 Å². The first-order valence-electron chi connectivity index (χ1n) is 11.1. The van der Waals surface area contributed by atoms with Gasteiger partial charge in [0.15, 0.2) is 11.6 Å². The number of hydrogen-bond donors (Lipinski definition) is 2. The predicted octanol–water partition coefficient (Wildman–Crippen LogP) is 5.34. The molecule has 3 aromatic carbocycles. The Morgan fingerprint density at radius 3 is 2.33 bits per heavy atom. The molecular weight excluding hydrogens is 475 g/mol. The van der Waals surface area contributed by atoms with E-state index in [1.165, 1.54) is 31.4 Å². The van der Waals surface area contributed by atoms with Gasteiger partial charge in [0.2, 0.25) is 5.82 Å². The number of carboxylic acid groups (broad SMARTS) is 1. The Bertz CT molecular complexity index is 1510. The second-order valence-corrected chi connectivity index (χ2v) is 9.00. The number of aromatic carboxylic acids is 1. The van der Waals surface area contributed by atoms with E-state index in [-0.39, 0.29) is 36.3 Å². The van der Waals surface area contributed by atoms with E-state index in [1.54, 1.807) is 29.7 Å². The minimum atomic E-state index is -1.41. The van der Waals surface area contributed by atoms with E-state index in [0.717, 1.165) is 6.07 Å². The van der Waals surface area contributed by atoms with Gasteiger partial charge in [0.05, 0.1) is 41.7 Å². The third-order valence-corrected chi connectivity index (χ3v) is 6.63. The molecule has 1 aromatic heterocycles. The Hall–Kier alpha value is -3.82. The molecule has 0 spiro atoms. The van der Waals surface area contributed by atoms with Gasteiger partial charge < -0.3 is 24.3 Å². The number of halogens is 3. The lowest BCUT2D eigenvalue weighted by atomic mass is 9.79. The Morgan fingerprint density at radius 2 is 1.78 bits per heavy atom. The van der Waals surface area contributed by atoms with Crippen molar-refractivity contribution < 1.29 is 37.7 Å². The fourth-order valence-electron chi connectivity index (χ4n) is 4.89. The third kappa shape index (κ3) is 3.54. The van der Waals surface area contributed by atoms with Crippen LogP contribution in [0.4, 0.5) is 13.2 Å². The van der Waals surface area contributed by atoms with Crippen LogP contribution in [-0.2, 0) is 14.9 Å². The van der Waals surface area contributed by atoms with Crippen molar-refractivity contribution in [1.29, 1.82) is 0 Å². The number of benzene rings is 3. The highest BCUT2D eigenvalue weighted by Crippen LogP contribution is 2.49. The molecule has 0 saturated carbocycles. The fourth-order valence-corrected chi connectivity index (χ4v) is 4.89. The molecule has 36 heavy (non-hydrogen) atoms. The van der Waals surface area contributed by atoms with Crippen LogP contribution in [0.15, 0.2) is 48.5 Å². The van der Waals surface area contributed by atoms with Gasteiger partial charge in [-0.2, -0.15) is 4.39 Å². The van der Waals surface area contributed by atoms with Crippen molar-refractivity contribution in [2.75, 3.05) is 26.9 Å². The van der Waals surface area contributed by atoms with Gasteiger partial charge in [-0.25, -0.2) is 13.6 Å². The molecule has 0 bridgehead atoms. The van der Waals surface area contributed by atoms with Crippen LogP contribution in [0.1, 0.15) is 21.6 Å². The van der Waals surface area contributed by atoms with Crippen LogP contribution in [0.25, 0.3) is 27.7 Å². The Balaban J connectivity index is 1.97. The van der Waals surface area contributed by atoms with Gasteiger partial charge in [-0.1, -0.05) is 12.1 Å². The SMILES string of the molecule is COCC1(c2c(-c3ccc(C(=O)O)cc3)c3c(O)c(F)c(F)cc3n2-c2ccc(F)c(C)c2)COC1. The van der Waals surface area contributed by atoms with Gasteiger partial charge in [0, 0.05) is 30.1 Å². The van der Waals surface area contributed by atoms with E-state index in [4.69, 9.17) is 9.47 Å². The van der Waals surface area contributed by atoms with Crippen molar-refractivity contribution >= 4 is 16.9 Å². The number of phenolic OH excluding ortho intramolecular Hbond substituents is 1. The van der Waals surface area contributed by atoms with Crippen molar-refractivity contribution in [2.24, 2.45) is 0 Å². The van der Waals surface area contributed by atoms with Crippen LogP contribution < -0.4 is 0 Å². The highest BCUT2D eigenvalue weighted by molar-refractivity contribution is 6.04. The standard InChI is InChI=1S/C27H22F3NO5/c1-14-9-17(7-8-18(14)28)31-20-10-19(29)23(30)24(32)22(20)21(15-3-5-16(6-4-15)26(33)34)25(31)27(11-35-2)12-36-13-27/h3-10,32H,11-13H2,1-2H3,(H,33,34). The first kappa shape index (κ1) is 23.9. The number of rotatable bonds is 6. The molecule has 2 heterocycles. The highest BCUT2D eigenvalue weighted by Gasteiger charge is 2.46. The molecule has 5 rings (SSSR count). The quantitative estimate of drug-likeness (QED) is 0.376. The highest BCUT2D eigenvalue weighted by atomic mass is 19.2. The zero-order chi connectivity index (χ0) is 25.8. The molecule has 1 aliphatic rings. The summed E-state index contributed by atoms with van der Waals surface area (Å²) >= 11 is 0. The van der Waals surface area contributed by atoms with Crippen molar-refractivity contribution in [3.05, 3.63) is 82.8 Å². The number of nitrogens with zero attached hydrogens (tertiary/aromatic N) is 1. The van der Waals surface area contributed by atoms with Crippen LogP contribution in [0.2, 0.25) is 0 Å². The topological polar surface area (TPSA) is 80.9 Å². The van der Waals surface area contributed by atoms with Crippen LogP contribution in [-0.4, -0.2) is 47.7 Å². The first-order valence-corrected chi connectivity index (χ1v) is 11.1. The second-order valence-electron chi connectivity index (χ2n) is 9.00. The zero-order valence-corrected chi connectivity index (χ0v) is 19.4. The summed E-state index contributed by atoms with van der Waals surface area (Å²) in [4.78, 5) is 11.4. The van der Waals surface area contributed by atoms with Crippen molar-refractivity contribution in [3.8, 4) is 22.6 Å². The van der Waals surface area contributed by atoms with Gasteiger partial charge in [0.1, 0.15) is 5.82 Å². The fraction of sp³-hybridized carbons (Fsp3) is 0.222. The molecule has 9 heteroatoms. The molecule has 0 amide bonds. The number of fused-ring (bicyclic) bond motifs is 1. The average molecular weight is 497 g/mol. The van der Waals surface area contributed by atoms with E-state index in [9.17, 15) is 28.2 Å². The van der Waals surface area contributed by atoms with Crippen molar-refractivity contribution in [3.63, 3.8) is 0 Å². The van der Waals surface area contributed by atoms with Gasteiger partial charge in [-0.3, -0.25) is 0 Å². The van der Waals surface area contributed by atoms with Crippen molar-refractivity contribution in [2.45, 2.75) is 12.3 Å². The molecule has 1 aliphatic heterocycles. The van der Waals surface area contributed by atoms with Crippen molar-refractivity contribution in [1.82, 2.24) is 4.57 Å². The molecule has 0 radical (unpaired) electrons. The minimum Gasteiger partial charge on any atom is -0.504 e. The van der Waals surface area contributed by atoms with Crippen LogP contribution in [0.5, 0.6) is 5.75 Å². The summed E-state index contributed by atoms with van der Waals surface area (Å²) in [5.41, 5.74) is 1.63. The maximum Gasteiger partial charge on any atom is 0.335 e. The number of ether oxygens (including phenoxy) is 2. The predicted molar refractivity (Wildman–Crippen MR) is 126 cm³/mol. The van der Waals surface area contributed by atoms with Gasteiger partial charge >= 0.3 is 5.97 Å². The monoisotopic (exact) mass is 497 g/mol. The lowest BCUT2D eigenvalue weighted by Gasteiger charge is -2.42. The van der Waals surface area contributed by atoms with Crippen LogP contribution in [0.3, 0.4) is 0 Å². The number of carbonyl (C=O) groups is 1. The normalized spacial score (nSPS) is 14.7. The molecule has 1 saturated heterocycles. The molecule has 2 N–H and O–H groups in total. The number of carboxylic acids is 1. The maximum atomic E-state index is 14.7. The summed E-state index contributed by atoms with van der Waals surface area (Å²) in [5.74, 6) is -5.09. The molecule has 186 valence electrons. The molecule has 0 unspecified atom stereocenters. The molecular formula is C27H22F3NO5. The van der Waals surface area contributed by atoms with Crippen LogP contribution >= 0.6 is 0 Å². The number of aromatic nitrogens is 1. The number of phenols is 1. The van der Waals surface area contributed by atoms with Gasteiger partial charge in [-0.05, 0) is 48.4 Å². The number of methoxy groups -OCH3 is 1. The Morgan fingerprint density at radius 1 is 1.08 bits per heavy atom. The first-order chi connectivity index (χ1) is 17.2. The van der Waals surface area contributed by atoms with E-state index in [2.05, 4.69) is 0 Å². The summed E-state index contributed by atoms with van der Waals surface area (Å²) < 4.78 is 56.3. The second kappa shape index (κ2) is 8.69. The number of hydrogen-bond acceptors (Lipinski definition) is 4. The molecule has 0 atom stereocenters. The minimum absolute atomic E-state index is 0.0383. The van der Waals surface area contributed by atoms with E-state index in [0.29, 0.717) is 28.1 Å². The smallest absolute Gasteiger partial charge is 0.335 e. The molecule has 1 fully saturated rings. The third-order valence-electron chi connectivity index (χ3n) is 6.63. The molecule has 4 aromatic rings. The lowest BCUT2D eigenvalue weighted by molar-refractivity contribution is -0.0938. The van der Waals surface area contributed by atoms with Crippen LogP contribution in [0, 0.1) is 24.4 Å².